The van der Waals surface area contributed by atoms with E-state index in [1.165, 1.54) is 0 Å². The Morgan fingerprint density at radius 3 is 2.00 bits per heavy atom. The minimum absolute atomic E-state index is 0.0177. The zero-order chi connectivity index (χ0) is 18.6. The van der Waals surface area contributed by atoms with Crippen LogP contribution < -0.4 is 4.90 Å². The van der Waals surface area contributed by atoms with Crippen molar-refractivity contribution in [3.8, 4) is 0 Å². The summed E-state index contributed by atoms with van der Waals surface area (Å²) in [5.74, 6) is 0.0290. The molecule has 3 aromatic rings. The third kappa shape index (κ3) is 3.51. The monoisotopic (exact) mass is 357 g/mol. The lowest BCUT2D eigenvalue weighted by molar-refractivity contribution is -0.131. The van der Waals surface area contributed by atoms with E-state index in [0.717, 1.165) is 16.8 Å². The molecule has 3 heteroatoms. The van der Waals surface area contributed by atoms with Crippen LogP contribution in [-0.4, -0.2) is 11.0 Å². The van der Waals surface area contributed by atoms with Gasteiger partial charge in [0, 0.05) is 5.69 Å². The highest BCUT2D eigenvalue weighted by molar-refractivity contribution is 6.03. The molecule has 3 atom stereocenters. The molecule has 0 aromatic heterocycles. The first-order chi connectivity index (χ1) is 13.3. The lowest BCUT2D eigenvalue weighted by atomic mass is 9.78. The van der Waals surface area contributed by atoms with Gasteiger partial charge in [-0.05, 0) is 36.1 Å². The zero-order valence-corrected chi connectivity index (χ0v) is 15.1. The second kappa shape index (κ2) is 7.77. The van der Waals surface area contributed by atoms with E-state index in [-0.39, 0.29) is 17.9 Å². The molecule has 1 aliphatic heterocycles. The van der Waals surface area contributed by atoms with Crippen molar-refractivity contribution < 1.29 is 9.90 Å². The number of hydrogen-bond acceptors (Lipinski definition) is 2. The van der Waals surface area contributed by atoms with Gasteiger partial charge in [0.05, 0.1) is 18.1 Å². The number of amides is 1. The van der Waals surface area contributed by atoms with Gasteiger partial charge in [0.25, 0.3) is 0 Å². The standard InChI is InChI=1S/C24H23NO2/c26-22(18-10-4-1-5-11-18)17-16-21-23(19-12-6-2-7-13-19)25(24(21)27)20-14-8-3-9-15-20/h1-15,21-23,26H,16-17H2/t21-,22-,23-/m1/s1. The number of hydrogen-bond donors (Lipinski definition) is 1. The quantitative estimate of drug-likeness (QED) is 0.637. The van der Waals surface area contributed by atoms with Crippen molar-refractivity contribution in [1.82, 2.24) is 0 Å². The van der Waals surface area contributed by atoms with E-state index in [9.17, 15) is 9.90 Å². The van der Waals surface area contributed by atoms with Gasteiger partial charge in [-0.2, -0.15) is 0 Å². The van der Waals surface area contributed by atoms with Crippen molar-refractivity contribution in [2.45, 2.75) is 25.0 Å². The number of rotatable bonds is 6. The van der Waals surface area contributed by atoms with Gasteiger partial charge in [0.2, 0.25) is 5.91 Å². The molecule has 0 bridgehead atoms. The van der Waals surface area contributed by atoms with Crippen molar-refractivity contribution in [2.75, 3.05) is 4.90 Å². The summed E-state index contributed by atoms with van der Waals surface area (Å²) in [7, 11) is 0. The molecule has 4 rings (SSSR count). The maximum absolute atomic E-state index is 12.9. The molecule has 1 aliphatic rings. The van der Waals surface area contributed by atoms with E-state index in [1.807, 2.05) is 83.8 Å². The average molecular weight is 357 g/mol. The van der Waals surface area contributed by atoms with Gasteiger partial charge in [0.15, 0.2) is 0 Å². The highest BCUT2D eigenvalue weighted by Crippen LogP contribution is 2.46. The summed E-state index contributed by atoms with van der Waals surface area (Å²) in [4.78, 5) is 14.8. The molecule has 0 radical (unpaired) electrons. The molecule has 1 fully saturated rings. The second-order valence-corrected chi connectivity index (χ2v) is 7.01. The molecule has 1 heterocycles. The molecule has 0 aliphatic carbocycles. The van der Waals surface area contributed by atoms with Crippen molar-refractivity contribution >= 4 is 11.6 Å². The largest absolute Gasteiger partial charge is 0.388 e. The topological polar surface area (TPSA) is 40.5 Å². The third-order valence-electron chi connectivity index (χ3n) is 5.32. The smallest absolute Gasteiger partial charge is 0.233 e. The minimum Gasteiger partial charge on any atom is -0.388 e. The number of carbonyl (C=O) groups excluding carboxylic acids is 1. The highest BCUT2D eigenvalue weighted by Gasteiger charge is 2.48. The Hall–Kier alpha value is -2.91. The number of aliphatic hydroxyl groups is 1. The minimum atomic E-state index is -0.541. The van der Waals surface area contributed by atoms with Crippen LogP contribution in [-0.2, 0) is 4.79 Å². The Labute approximate surface area is 159 Å². The molecule has 1 saturated heterocycles. The number of nitrogens with zero attached hydrogens (tertiary/aromatic N) is 1. The van der Waals surface area contributed by atoms with Crippen LogP contribution >= 0.6 is 0 Å². The van der Waals surface area contributed by atoms with E-state index in [2.05, 4.69) is 12.1 Å². The van der Waals surface area contributed by atoms with Crippen LogP contribution in [0.1, 0.15) is 36.1 Å². The fourth-order valence-electron chi connectivity index (χ4n) is 3.92. The predicted octanol–water partition coefficient (Wildman–Crippen LogP) is 4.90. The van der Waals surface area contributed by atoms with Gasteiger partial charge in [-0.25, -0.2) is 0 Å². The van der Waals surface area contributed by atoms with E-state index >= 15 is 0 Å². The van der Waals surface area contributed by atoms with Crippen LogP contribution in [0.2, 0.25) is 0 Å². The second-order valence-electron chi connectivity index (χ2n) is 7.01. The number of para-hydroxylation sites is 1. The summed E-state index contributed by atoms with van der Waals surface area (Å²) in [6.45, 7) is 0. The normalized spacial score (nSPS) is 20.2. The number of aliphatic hydroxyl groups excluding tert-OH is 1. The van der Waals surface area contributed by atoms with Crippen LogP contribution in [0.15, 0.2) is 91.0 Å². The maximum Gasteiger partial charge on any atom is 0.233 e. The van der Waals surface area contributed by atoms with Crippen LogP contribution in [0.4, 0.5) is 5.69 Å². The first-order valence-electron chi connectivity index (χ1n) is 9.42. The van der Waals surface area contributed by atoms with Crippen LogP contribution in [0, 0.1) is 5.92 Å². The summed E-state index contributed by atoms with van der Waals surface area (Å²) < 4.78 is 0. The highest BCUT2D eigenvalue weighted by atomic mass is 16.3. The fourth-order valence-corrected chi connectivity index (χ4v) is 3.92. The SMILES string of the molecule is O=C1[C@H](CC[C@@H](O)c2ccccc2)[C@@H](c2ccccc2)N1c1ccccc1. The molecule has 0 saturated carbocycles. The lowest BCUT2D eigenvalue weighted by Gasteiger charge is -2.48. The Morgan fingerprint density at radius 2 is 1.37 bits per heavy atom. The molecule has 1 amide bonds. The van der Waals surface area contributed by atoms with Crippen LogP contribution in [0.5, 0.6) is 0 Å². The molecule has 136 valence electrons. The number of anilines is 1. The molecule has 3 nitrogen and oxygen atoms in total. The summed E-state index contributed by atoms with van der Waals surface area (Å²) >= 11 is 0. The van der Waals surface area contributed by atoms with Gasteiger partial charge in [-0.1, -0.05) is 78.9 Å². The molecular weight excluding hydrogens is 334 g/mol. The number of β-lactam (4-membered cyclic amide) rings is 1. The number of benzene rings is 3. The third-order valence-corrected chi connectivity index (χ3v) is 5.32. The summed E-state index contributed by atoms with van der Waals surface area (Å²) in [6.07, 6.45) is 0.700. The maximum atomic E-state index is 12.9. The van der Waals surface area contributed by atoms with Crippen LogP contribution in [0.3, 0.4) is 0 Å². The molecule has 27 heavy (non-hydrogen) atoms. The van der Waals surface area contributed by atoms with Crippen molar-refractivity contribution in [1.29, 1.82) is 0 Å². The number of carbonyl (C=O) groups is 1. The average Bonchev–Trinajstić information content (AvgIpc) is 2.73. The van der Waals surface area contributed by atoms with Crippen molar-refractivity contribution in [3.63, 3.8) is 0 Å². The van der Waals surface area contributed by atoms with Gasteiger partial charge in [0.1, 0.15) is 0 Å². The van der Waals surface area contributed by atoms with Gasteiger partial charge in [-0.15, -0.1) is 0 Å². The van der Waals surface area contributed by atoms with E-state index in [0.29, 0.717) is 12.8 Å². The first kappa shape index (κ1) is 17.5. The molecule has 1 N–H and O–H groups in total. The Balaban J connectivity index is 1.54. The lowest BCUT2D eigenvalue weighted by Crippen LogP contribution is -2.55. The molecule has 0 spiro atoms. The summed E-state index contributed by atoms with van der Waals surface area (Å²) in [6, 6.07) is 29.7. The Morgan fingerprint density at radius 1 is 0.815 bits per heavy atom. The zero-order valence-electron chi connectivity index (χ0n) is 15.1. The van der Waals surface area contributed by atoms with Gasteiger partial charge >= 0.3 is 0 Å². The molecule has 0 unspecified atom stereocenters. The van der Waals surface area contributed by atoms with Crippen molar-refractivity contribution in [3.05, 3.63) is 102 Å². The summed E-state index contributed by atoms with van der Waals surface area (Å²) in [5, 5.41) is 10.5. The van der Waals surface area contributed by atoms with Crippen molar-refractivity contribution in [2.24, 2.45) is 5.92 Å². The van der Waals surface area contributed by atoms with E-state index in [1.54, 1.807) is 0 Å². The van der Waals surface area contributed by atoms with E-state index in [4.69, 9.17) is 0 Å². The first-order valence-corrected chi connectivity index (χ1v) is 9.42. The van der Waals surface area contributed by atoms with Crippen LogP contribution in [0.25, 0.3) is 0 Å². The predicted molar refractivity (Wildman–Crippen MR) is 107 cm³/mol. The van der Waals surface area contributed by atoms with Gasteiger partial charge < -0.3 is 10.0 Å². The molecular formula is C24H23NO2. The Bertz CT molecular complexity index is 880. The molecule has 3 aromatic carbocycles. The van der Waals surface area contributed by atoms with E-state index < -0.39 is 6.10 Å². The Kier molecular flexibility index (Phi) is 5.03. The fraction of sp³-hybridized carbons (Fsp3) is 0.208. The van der Waals surface area contributed by atoms with Gasteiger partial charge in [-0.3, -0.25) is 4.79 Å². The summed E-state index contributed by atoms with van der Waals surface area (Å²) in [5.41, 5.74) is 2.97.